The van der Waals surface area contributed by atoms with E-state index >= 15 is 0 Å². The van der Waals surface area contributed by atoms with Crippen molar-refractivity contribution in [2.24, 2.45) is 0 Å². The maximum atomic E-state index is 11.5. The van der Waals surface area contributed by atoms with E-state index in [1.54, 1.807) is 0 Å². The van der Waals surface area contributed by atoms with Gasteiger partial charge in [0.15, 0.2) is 0 Å². The first-order chi connectivity index (χ1) is 8.49. The Bertz CT molecular complexity index is 594. The highest BCUT2D eigenvalue weighted by Gasteiger charge is 2.43. The summed E-state index contributed by atoms with van der Waals surface area (Å²) in [7, 11) is -4.88. The third-order valence-corrected chi connectivity index (χ3v) is 4.11. The molecular weight excluding hydrogens is 317 g/mol. The minimum absolute atomic E-state index is 0.0977. The molecule has 1 aromatic rings. The zero-order valence-corrected chi connectivity index (χ0v) is 12.3. The lowest BCUT2D eigenvalue weighted by molar-refractivity contribution is -0.141. The van der Waals surface area contributed by atoms with Gasteiger partial charge >= 0.3 is 16.3 Å². The lowest BCUT2D eigenvalue weighted by Gasteiger charge is -2.34. The first-order valence-electron chi connectivity index (χ1n) is 4.95. The Morgan fingerprint density at radius 1 is 1.26 bits per heavy atom. The van der Waals surface area contributed by atoms with Crippen molar-refractivity contribution >= 4 is 45.2 Å². The maximum absolute atomic E-state index is 11.5. The summed E-state index contributed by atoms with van der Waals surface area (Å²) in [5.41, 5.74) is -2.26. The Labute approximate surface area is 120 Å². The summed E-state index contributed by atoms with van der Waals surface area (Å²) in [6.07, 6.45) is 0. The molecule has 6 nitrogen and oxygen atoms in total. The van der Waals surface area contributed by atoms with Gasteiger partial charge in [0, 0.05) is 0 Å². The van der Waals surface area contributed by atoms with Crippen LogP contribution < -0.4 is 4.31 Å². The van der Waals surface area contributed by atoms with E-state index in [0.717, 1.165) is 13.8 Å². The molecule has 0 atom stereocenters. The van der Waals surface area contributed by atoms with E-state index < -0.39 is 21.8 Å². The average molecular weight is 328 g/mol. The molecule has 1 aromatic carbocycles. The quantitative estimate of drug-likeness (QED) is 0.828. The molecule has 0 radical (unpaired) electrons. The third kappa shape index (κ3) is 3.11. The van der Waals surface area contributed by atoms with Crippen molar-refractivity contribution in [3.63, 3.8) is 0 Å². The van der Waals surface area contributed by atoms with Crippen LogP contribution in [0.4, 0.5) is 5.69 Å². The van der Waals surface area contributed by atoms with Crippen molar-refractivity contribution in [3.8, 4) is 0 Å². The Hall–Kier alpha value is -1.02. The Balaban J connectivity index is 3.66. The Morgan fingerprint density at radius 3 is 2.00 bits per heavy atom. The topological polar surface area (TPSA) is 94.9 Å². The SMILES string of the molecule is CC(C)(C(=O)O)N(c1c(Cl)cccc1Cl)S(=O)(=O)O. The number of hydrogen-bond acceptors (Lipinski definition) is 3. The van der Waals surface area contributed by atoms with Crippen LogP contribution in [0.5, 0.6) is 0 Å². The number of nitrogens with zero attached hydrogens (tertiary/aromatic N) is 1. The fraction of sp³-hybridized carbons (Fsp3) is 0.300. The van der Waals surface area contributed by atoms with Gasteiger partial charge < -0.3 is 5.11 Å². The molecule has 0 spiro atoms. The molecule has 9 heteroatoms. The van der Waals surface area contributed by atoms with Crippen LogP contribution >= 0.6 is 23.2 Å². The van der Waals surface area contributed by atoms with Gasteiger partial charge in [-0.15, -0.1) is 0 Å². The van der Waals surface area contributed by atoms with Crippen LogP contribution in [0.3, 0.4) is 0 Å². The highest BCUT2D eigenvalue weighted by atomic mass is 35.5. The lowest BCUT2D eigenvalue weighted by Crippen LogP contribution is -2.53. The molecule has 0 aliphatic heterocycles. The summed E-state index contributed by atoms with van der Waals surface area (Å²) in [4.78, 5) is 11.2. The van der Waals surface area contributed by atoms with Crippen molar-refractivity contribution < 1.29 is 22.9 Å². The molecule has 106 valence electrons. The second-order valence-electron chi connectivity index (χ2n) is 4.18. The summed E-state index contributed by atoms with van der Waals surface area (Å²) in [5, 5.41) is 8.92. The van der Waals surface area contributed by atoms with Crippen molar-refractivity contribution in [2.75, 3.05) is 4.31 Å². The number of para-hydroxylation sites is 1. The predicted molar refractivity (Wildman–Crippen MR) is 72.2 cm³/mol. The molecule has 0 amide bonds. The first-order valence-corrected chi connectivity index (χ1v) is 7.10. The third-order valence-electron chi connectivity index (χ3n) is 2.40. The molecular formula is C10H11Cl2NO5S. The Morgan fingerprint density at radius 2 is 1.68 bits per heavy atom. The highest BCUT2D eigenvalue weighted by molar-refractivity contribution is 7.87. The molecule has 1 rings (SSSR count). The summed E-state index contributed by atoms with van der Waals surface area (Å²) < 4.78 is 32.5. The number of aliphatic carboxylic acids is 1. The number of benzene rings is 1. The second-order valence-corrected chi connectivity index (χ2v) is 6.25. The number of rotatable bonds is 4. The molecule has 0 aliphatic carbocycles. The van der Waals surface area contributed by atoms with E-state index in [9.17, 15) is 17.8 Å². The van der Waals surface area contributed by atoms with Gasteiger partial charge in [0.2, 0.25) is 0 Å². The minimum Gasteiger partial charge on any atom is -0.479 e. The van der Waals surface area contributed by atoms with Crippen LogP contribution in [0.25, 0.3) is 0 Å². The molecule has 0 saturated carbocycles. The summed E-state index contributed by atoms with van der Waals surface area (Å²) in [6, 6.07) is 4.13. The van der Waals surface area contributed by atoms with Crippen molar-refractivity contribution in [3.05, 3.63) is 28.2 Å². The Kier molecular flexibility index (Phi) is 4.36. The van der Waals surface area contributed by atoms with Crippen LogP contribution in [0.1, 0.15) is 13.8 Å². The molecule has 0 unspecified atom stereocenters. The molecule has 0 fully saturated rings. The van der Waals surface area contributed by atoms with Gasteiger partial charge in [-0.2, -0.15) is 8.42 Å². The van der Waals surface area contributed by atoms with Gasteiger partial charge in [0.25, 0.3) is 0 Å². The molecule has 2 N–H and O–H groups in total. The largest absolute Gasteiger partial charge is 0.479 e. The molecule has 0 aliphatic rings. The van der Waals surface area contributed by atoms with E-state index in [0.29, 0.717) is 0 Å². The minimum atomic E-state index is -4.88. The van der Waals surface area contributed by atoms with Crippen molar-refractivity contribution in [1.82, 2.24) is 0 Å². The number of anilines is 1. The first kappa shape index (κ1) is 16.0. The van der Waals surface area contributed by atoms with E-state index in [4.69, 9.17) is 28.3 Å². The number of carboxylic acid groups (broad SMARTS) is 1. The van der Waals surface area contributed by atoms with E-state index in [-0.39, 0.29) is 20.0 Å². The molecule has 0 saturated heterocycles. The van der Waals surface area contributed by atoms with Gasteiger partial charge in [-0.1, -0.05) is 29.3 Å². The fourth-order valence-electron chi connectivity index (χ4n) is 1.45. The average Bonchev–Trinajstić information content (AvgIpc) is 2.21. The number of hydrogen-bond donors (Lipinski definition) is 2. The monoisotopic (exact) mass is 327 g/mol. The predicted octanol–water partition coefficient (Wildman–Crippen LogP) is 2.47. The summed E-state index contributed by atoms with van der Waals surface area (Å²) in [6.45, 7) is 2.20. The fourth-order valence-corrected chi connectivity index (χ4v) is 3.20. The zero-order chi connectivity index (χ0) is 15.0. The van der Waals surface area contributed by atoms with Crippen molar-refractivity contribution in [2.45, 2.75) is 19.4 Å². The molecule has 0 aromatic heterocycles. The smallest absolute Gasteiger partial charge is 0.361 e. The van der Waals surface area contributed by atoms with Gasteiger partial charge in [0.05, 0.1) is 15.7 Å². The van der Waals surface area contributed by atoms with E-state index in [1.165, 1.54) is 18.2 Å². The standard InChI is InChI=1S/C10H11Cl2NO5S/c1-10(2,9(14)15)13(19(16,17)18)8-6(11)4-3-5-7(8)12/h3-5H,1-2H3,(H,14,15)(H,16,17,18). The summed E-state index contributed by atoms with van der Waals surface area (Å²) >= 11 is 11.7. The maximum Gasteiger partial charge on any atom is 0.361 e. The highest BCUT2D eigenvalue weighted by Crippen LogP contribution is 2.39. The number of carboxylic acids is 1. The molecule has 0 bridgehead atoms. The van der Waals surface area contributed by atoms with Gasteiger partial charge in [-0.05, 0) is 26.0 Å². The molecule has 19 heavy (non-hydrogen) atoms. The van der Waals surface area contributed by atoms with Crippen LogP contribution in [0, 0.1) is 0 Å². The normalized spacial score (nSPS) is 12.3. The van der Waals surface area contributed by atoms with Crippen LogP contribution in [-0.4, -0.2) is 29.6 Å². The lowest BCUT2D eigenvalue weighted by atomic mass is 10.1. The van der Waals surface area contributed by atoms with E-state index in [2.05, 4.69) is 0 Å². The van der Waals surface area contributed by atoms with Gasteiger partial charge in [-0.3, -0.25) is 4.55 Å². The zero-order valence-electron chi connectivity index (χ0n) is 9.96. The number of halogens is 2. The molecule has 0 heterocycles. The second kappa shape index (κ2) is 5.16. The number of carbonyl (C=O) groups is 1. The summed E-state index contributed by atoms with van der Waals surface area (Å²) in [5.74, 6) is -1.47. The van der Waals surface area contributed by atoms with E-state index in [1.807, 2.05) is 0 Å². The van der Waals surface area contributed by atoms with Crippen LogP contribution in [0.15, 0.2) is 18.2 Å². The van der Waals surface area contributed by atoms with Crippen LogP contribution in [0.2, 0.25) is 10.0 Å². The van der Waals surface area contributed by atoms with Gasteiger partial charge in [-0.25, -0.2) is 9.10 Å². The van der Waals surface area contributed by atoms with Crippen LogP contribution in [-0.2, 0) is 15.1 Å². The van der Waals surface area contributed by atoms with Gasteiger partial charge in [0.1, 0.15) is 5.54 Å². The van der Waals surface area contributed by atoms with Crippen molar-refractivity contribution in [1.29, 1.82) is 0 Å².